The molecule has 104 valence electrons. The molecule has 19 heavy (non-hydrogen) atoms. The quantitative estimate of drug-likeness (QED) is 0.670. The molecule has 3 unspecified atom stereocenters. The number of aliphatic hydroxyl groups is 1. The van der Waals surface area contributed by atoms with Crippen molar-refractivity contribution in [2.45, 2.75) is 25.4 Å². The van der Waals surface area contributed by atoms with E-state index in [0.29, 0.717) is 24.0 Å². The fraction of sp³-hybridized carbons (Fsp3) is 0.714. The monoisotopic (exact) mass is 264 g/mol. The third-order valence-electron chi connectivity index (χ3n) is 4.73. The Morgan fingerprint density at radius 3 is 2.58 bits per heavy atom. The molecule has 5 heteroatoms. The van der Waals surface area contributed by atoms with Gasteiger partial charge in [0.15, 0.2) is 11.6 Å². The summed E-state index contributed by atoms with van der Waals surface area (Å²) < 4.78 is 0. The maximum Gasteiger partial charge on any atom is 0.186 e. The molecule has 2 N–H and O–H groups in total. The first-order chi connectivity index (χ1) is 9.03. The highest BCUT2D eigenvalue weighted by molar-refractivity contribution is 6.13. The zero-order valence-corrected chi connectivity index (χ0v) is 11.2. The molecule has 0 aromatic carbocycles. The SMILES string of the molecule is CCC1(O)C=C(N2CC3CNCC3C2)C(=O)CC1=O. The first kappa shape index (κ1) is 12.8. The number of nitrogens with zero attached hydrogens (tertiary/aromatic N) is 1. The van der Waals surface area contributed by atoms with E-state index in [-0.39, 0.29) is 18.0 Å². The zero-order chi connectivity index (χ0) is 13.6. The molecule has 2 heterocycles. The number of ketones is 2. The van der Waals surface area contributed by atoms with Gasteiger partial charge in [0.25, 0.3) is 0 Å². The van der Waals surface area contributed by atoms with Crippen molar-refractivity contribution in [2.24, 2.45) is 11.8 Å². The lowest BCUT2D eigenvalue weighted by molar-refractivity contribution is -0.138. The van der Waals surface area contributed by atoms with E-state index >= 15 is 0 Å². The van der Waals surface area contributed by atoms with Crippen molar-refractivity contribution in [3.8, 4) is 0 Å². The van der Waals surface area contributed by atoms with Gasteiger partial charge >= 0.3 is 0 Å². The lowest BCUT2D eigenvalue weighted by atomic mass is 9.85. The standard InChI is InChI=1S/C14H20N2O3/c1-2-14(19)4-11(12(17)3-13(14)18)16-7-9-5-15-6-10(9)8-16/h4,9-10,15,19H,2-3,5-8H2,1H3. The molecule has 1 aliphatic carbocycles. The summed E-state index contributed by atoms with van der Waals surface area (Å²) in [5.74, 6) is 0.656. The Morgan fingerprint density at radius 1 is 1.37 bits per heavy atom. The van der Waals surface area contributed by atoms with Crippen LogP contribution in [0.15, 0.2) is 11.8 Å². The number of hydrogen-bond donors (Lipinski definition) is 2. The van der Waals surface area contributed by atoms with Crippen molar-refractivity contribution in [1.82, 2.24) is 10.2 Å². The predicted octanol–water partition coefficient (Wildman–Crippen LogP) is -0.296. The number of hydrogen-bond acceptors (Lipinski definition) is 5. The van der Waals surface area contributed by atoms with Crippen molar-refractivity contribution < 1.29 is 14.7 Å². The molecule has 0 spiro atoms. The smallest absolute Gasteiger partial charge is 0.186 e. The van der Waals surface area contributed by atoms with E-state index in [1.54, 1.807) is 6.92 Å². The fourth-order valence-electron chi connectivity index (χ4n) is 3.40. The lowest BCUT2D eigenvalue weighted by Gasteiger charge is -2.31. The predicted molar refractivity (Wildman–Crippen MR) is 69.4 cm³/mol. The summed E-state index contributed by atoms with van der Waals surface area (Å²) in [6.45, 7) is 5.47. The number of Topliss-reactive ketones (excluding diaryl/α,β-unsaturated/α-hetero) is 2. The van der Waals surface area contributed by atoms with Crippen LogP contribution >= 0.6 is 0 Å². The Balaban J connectivity index is 1.85. The highest BCUT2D eigenvalue weighted by Gasteiger charge is 2.43. The van der Waals surface area contributed by atoms with Crippen molar-refractivity contribution in [3.63, 3.8) is 0 Å². The van der Waals surface area contributed by atoms with Crippen molar-refractivity contribution in [1.29, 1.82) is 0 Å². The van der Waals surface area contributed by atoms with E-state index in [0.717, 1.165) is 26.2 Å². The second-order valence-corrected chi connectivity index (χ2v) is 5.91. The number of rotatable bonds is 2. The summed E-state index contributed by atoms with van der Waals surface area (Å²) in [7, 11) is 0. The first-order valence-electron chi connectivity index (χ1n) is 7.01. The van der Waals surface area contributed by atoms with Gasteiger partial charge in [-0.15, -0.1) is 0 Å². The van der Waals surface area contributed by atoms with Gasteiger partial charge in [-0.1, -0.05) is 6.92 Å². The van der Waals surface area contributed by atoms with Crippen LogP contribution in [0.2, 0.25) is 0 Å². The molecule has 2 saturated heterocycles. The molecule has 5 nitrogen and oxygen atoms in total. The molecule has 0 bridgehead atoms. The van der Waals surface area contributed by atoms with E-state index in [1.807, 2.05) is 0 Å². The highest BCUT2D eigenvalue weighted by Crippen LogP contribution is 2.33. The molecule has 0 radical (unpaired) electrons. The van der Waals surface area contributed by atoms with Gasteiger partial charge in [-0.05, 0) is 24.3 Å². The van der Waals surface area contributed by atoms with Crippen LogP contribution in [0.1, 0.15) is 19.8 Å². The average molecular weight is 264 g/mol. The molecular weight excluding hydrogens is 244 g/mol. The van der Waals surface area contributed by atoms with Crippen molar-refractivity contribution >= 4 is 11.6 Å². The molecule has 2 fully saturated rings. The Kier molecular flexibility index (Phi) is 2.98. The molecule has 0 aromatic heterocycles. The molecule has 0 aromatic rings. The number of fused-ring (bicyclic) bond motifs is 1. The van der Waals surface area contributed by atoms with E-state index in [2.05, 4.69) is 10.2 Å². The minimum absolute atomic E-state index is 0.143. The Labute approximate surface area is 112 Å². The van der Waals surface area contributed by atoms with Gasteiger partial charge in [-0.2, -0.15) is 0 Å². The topological polar surface area (TPSA) is 69.6 Å². The summed E-state index contributed by atoms with van der Waals surface area (Å²) in [5.41, 5.74) is -0.891. The van der Waals surface area contributed by atoms with Crippen molar-refractivity contribution in [2.75, 3.05) is 26.2 Å². The number of nitrogens with one attached hydrogen (secondary N) is 1. The Bertz CT molecular complexity index is 448. The molecule has 3 atom stereocenters. The number of carbonyl (C=O) groups excluding carboxylic acids is 2. The van der Waals surface area contributed by atoms with Crippen LogP contribution in [0.3, 0.4) is 0 Å². The summed E-state index contributed by atoms with van der Waals surface area (Å²) >= 11 is 0. The van der Waals surface area contributed by atoms with Crippen LogP contribution in [-0.2, 0) is 9.59 Å². The third-order valence-corrected chi connectivity index (χ3v) is 4.73. The Morgan fingerprint density at radius 2 is 2.00 bits per heavy atom. The maximum absolute atomic E-state index is 12.1. The van der Waals surface area contributed by atoms with Crippen LogP contribution < -0.4 is 5.32 Å². The minimum atomic E-state index is -1.45. The number of allylic oxidation sites excluding steroid dienone is 1. The van der Waals surface area contributed by atoms with Gasteiger partial charge in [-0.25, -0.2) is 0 Å². The van der Waals surface area contributed by atoms with Gasteiger partial charge < -0.3 is 15.3 Å². The van der Waals surface area contributed by atoms with Gasteiger partial charge in [0, 0.05) is 26.2 Å². The van der Waals surface area contributed by atoms with E-state index in [4.69, 9.17) is 0 Å². The largest absolute Gasteiger partial charge is 0.378 e. The van der Waals surface area contributed by atoms with Crippen LogP contribution in [0.5, 0.6) is 0 Å². The van der Waals surface area contributed by atoms with Crippen molar-refractivity contribution in [3.05, 3.63) is 11.8 Å². The van der Waals surface area contributed by atoms with Crippen LogP contribution in [0.25, 0.3) is 0 Å². The van der Waals surface area contributed by atoms with Gasteiger partial charge in [0.2, 0.25) is 0 Å². The average Bonchev–Trinajstić information content (AvgIpc) is 2.94. The Hall–Kier alpha value is -1.20. The zero-order valence-electron chi connectivity index (χ0n) is 11.2. The van der Waals surface area contributed by atoms with Crippen LogP contribution in [0.4, 0.5) is 0 Å². The summed E-state index contributed by atoms with van der Waals surface area (Å²) in [6.07, 6.45) is 1.65. The normalized spacial score (nSPS) is 38.6. The summed E-state index contributed by atoms with van der Waals surface area (Å²) in [4.78, 5) is 25.9. The number of carbonyl (C=O) groups is 2. The van der Waals surface area contributed by atoms with E-state index in [1.165, 1.54) is 6.08 Å². The van der Waals surface area contributed by atoms with Crippen LogP contribution in [-0.4, -0.2) is 53.4 Å². The van der Waals surface area contributed by atoms with Gasteiger partial charge in [0.1, 0.15) is 5.60 Å². The maximum atomic E-state index is 12.1. The van der Waals surface area contributed by atoms with Crippen LogP contribution in [0, 0.1) is 11.8 Å². The minimum Gasteiger partial charge on any atom is -0.378 e. The molecule has 0 saturated carbocycles. The fourth-order valence-corrected chi connectivity index (χ4v) is 3.40. The van der Waals surface area contributed by atoms with E-state index < -0.39 is 5.60 Å². The summed E-state index contributed by atoms with van der Waals surface area (Å²) in [5, 5.41) is 13.6. The lowest BCUT2D eigenvalue weighted by Crippen LogP contribution is -2.44. The molecular formula is C14H20N2O3. The molecule has 3 rings (SSSR count). The number of likely N-dealkylation sites (tertiary alicyclic amines) is 1. The third kappa shape index (κ3) is 2.01. The molecule has 3 aliphatic rings. The first-order valence-corrected chi connectivity index (χ1v) is 7.01. The van der Waals surface area contributed by atoms with E-state index in [9.17, 15) is 14.7 Å². The van der Waals surface area contributed by atoms with Gasteiger partial charge in [0.05, 0.1) is 12.1 Å². The summed E-state index contributed by atoms with van der Waals surface area (Å²) in [6, 6.07) is 0. The second kappa shape index (κ2) is 4.42. The molecule has 2 aliphatic heterocycles. The van der Waals surface area contributed by atoms with Gasteiger partial charge in [-0.3, -0.25) is 9.59 Å². The highest BCUT2D eigenvalue weighted by atomic mass is 16.3. The molecule has 0 amide bonds. The second-order valence-electron chi connectivity index (χ2n) is 5.91.